The Hall–Kier alpha value is -1.23. The SMILES string of the molecule is Cl.Clc1ccc(COC(Cn2ccnc2)c2ccc(Cl)cc2Cl)cc1. The predicted octanol–water partition coefficient (Wildman–Crippen LogP) is 6.22. The first-order valence-corrected chi connectivity index (χ1v) is 8.52. The van der Waals surface area contributed by atoms with Crippen LogP contribution in [0.25, 0.3) is 0 Å². The molecule has 0 N–H and O–H groups in total. The second-order valence-corrected chi connectivity index (χ2v) is 6.63. The minimum absolute atomic E-state index is 0. The summed E-state index contributed by atoms with van der Waals surface area (Å²) in [6, 6.07) is 13.0. The summed E-state index contributed by atoms with van der Waals surface area (Å²) in [5.41, 5.74) is 1.93. The molecule has 132 valence electrons. The van der Waals surface area contributed by atoms with Crippen LogP contribution in [0.1, 0.15) is 17.2 Å². The number of benzene rings is 2. The first kappa shape index (κ1) is 20.1. The second-order valence-electron chi connectivity index (χ2n) is 5.35. The fraction of sp³-hybridized carbons (Fsp3) is 0.167. The third kappa shape index (κ3) is 5.63. The van der Waals surface area contributed by atoms with Crippen molar-refractivity contribution in [2.75, 3.05) is 0 Å². The Kier molecular flexibility index (Phi) is 7.60. The lowest BCUT2D eigenvalue weighted by Gasteiger charge is -2.20. The number of nitrogens with zero attached hydrogens (tertiary/aromatic N) is 2. The van der Waals surface area contributed by atoms with Crippen LogP contribution in [-0.2, 0) is 17.9 Å². The monoisotopic (exact) mass is 416 g/mol. The molecule has 2 aromatic carbocycles. The molecule has 0 fully saturated rings. The predicted molar refractivity (Wildman–Crippen MR) is 105 cm³/mol. The largest absolute Gasteiger partial charge is 0.367 e. The summed E-state index contributed by atoms with van der Waals surface area (Å²) in [6.45, 7) is 1.06. The van der Waals surface area contributed by atoms with Gasteiger partial charge in [-0.15, -0.1) is 12.4 Å². The first-order chi connectivity index (χ1) is 11.6. The highest BCUT2D eigenvalue weighted by Crippen LogP contribution is 2.30. The molecule has 0 amide bonds. The Morgan fingerprint density at radius 2 is 1.72 bits per heavy atom. The van der Waals surface area contributed by atoms with Gasteiger partial charge in [-0.2, -0.15) is 0 Å². The van der Waals surface area contributed by atoms with E-state index in [9.17, 15) is 0 Å². The number of rotatable bonds is 6. The van der Waals surface area contributed by atoms with E-state index < -0.39 is 0 Å². The normalized spacial score (nSPS) is 11.8. The van der Waals surface area contributed by atoms with Crippen LogP contribution >= 0.6 is 47.2 Å². The number of imidazole rings is 1. The number of halogens is 4. The van der Waals surface area contributed by atoms with Gasteiger partial charge in [0.2, 0.25) is 0 Å². The molecule has 3 rings (SSSR count). The van der Waals surface area contributed by atoms with E-state index in [-0.39, 0.29) is 18.5 Å². The summed E-state index contributed by atoms with van der Waals surface area (Å²) in [5.74, 6) is 0. The molecule has 0 aliphatic carbocycles. The van der Waals surface area contributed by atoms with Gasteiger partial charge in [-0.1, -0.05) is 53.0 Å². The highest BCUT2D eigenvalue weighted by Gasteiger charge is 2.17. The third-order valence-electron chi connectivity index (χ3n) is 3.61. The quantitative estimate of drug-likeness (QED) is 0.475. The van der Waals surface area contributed by atoms with E-state index in [0.717, 1.165) is 11.1 Å². The second kappa shape index (κ2) is 9.46. The van der Waals surface area contributed by atoms with Crippen molar-refractivity contribution in [1.29, 1.82) is 0 Å². The van der Waals surface area contributed by atoms with Crippen molar-refractivity contribution >= 4 is 47.2 Å². The van der Waals surface area contributed by atoms with Crippen molar-refractivity contribution in [3.63, 3.8) is 0 Å². The van der Waals surface area contributed by atoms with E-state index in [2.05, 4.69) is 4.98 Å². The summed E-state index contributed by atoms with van der Waals surface area (Å²) in [7, 11) is 0. The molecule has 0 aliphatic rings. The smallest absolute Gasteiger partial charge is 0.102 e. The van der Waals surface area contributed by atoms with Gasteiger partial charge in [-0.3, -0.25) is 0 Å². The number of ether oxygens (including phenoxy) is 1. The van der Waals surface area contributed by atoms with Gasteiger partial charge < -0.3 is 9.30 Å². The van der Waals surface area contributed by atoms with Crippen molar-refractivity contribution in [3.8, 4) is 0 Å². The van der Waals surface area contributed by atoms with Crippen molar-refractivity contribution < 1.29 is 4.74 Å². The third-order valence-corrected chi connectivity index (χ3v) is 4.42. The van der Waals surface area contributed by atoms with E-state index >= 15 is 0 Å². The van der Waals surface area contributed by atoms with Gasteiger partial charge in [0, 0.05) is 33.0 Å². The van der Waals surface area contributed by atoms with Crippen LogP contribution in [0.4, 0.5) is 0 Å². The Morgan fingerprint density at radius 1 is 1.00 bits per heavy atom. The van der Waals surface area contributed by atoms with E-state index in [1.165, 1.54) is 0 Å². The van der Waals surface area contributed by atoms with E-state index in [4.69, 9.17) is 39.5 Å². The molecule has 0 spiro atoms. The van der Waals surface area contributed by atoms with Crippen LogP contribution in [0.15, 0.2) is 61.2 Å². The number of hydrogen-bond donors (Lipinski definition) is 0. The zero-order chi connectivity index (χ0) is 16.9. The van der Waals surface area contributed by atoms with Gasteiger partial charge >= 0.3 is 0 Å². The molecule has 1 heterocycles. The lowest BCUT2D eigenvalue weighted by Crippen LogP contribution is -2.12. The van der Waals surface area contributed by atoms with Crippen LogP contribution in [0.2, 0.25) is 15.1 Å². The van der Waals surface area contributed by atoms with E-state index in [1.807, 2.05) is 47.2 Å². The van der Waals surface area contributed by atoms with Crippen molar-refractivity contribution in [3.05, 3.63) is 87.4 Å². The molecule has 0 bridgehead atoms. The molecule has 1 aromatic heterocycles. The van der Waals surface area contributed by atoms with E-state index in [1.54, 1.807) is 18.6 Å². The molecule has 7 heteroatoms. The van der Waals surface area contributed by atoms with Gasteiger partial charge in [-0.25, -0.2) is 4.98 Å². The van der Waals surface area contributed by atoms with E-state index in [0.29, 0.717) is 28.2 Å². The van der Waals surface area contributed by atoms with Crippen LogP contribution in [-0.4, -0.2) is 9.55 Å². The summed E-state index contributed by atoms with van der Waals surface area (Å²) < 4.78 is 8.08. The van der Waals surface area contributed by atoms with Gasteiger partial charge in [0.15, 0.2) is 0 Å². The fourth-order valence-electron chi connectivity index (χ4n) is 2.37. The zero-order valence-electron chi connectivity index (χ0n) is 13.1. The molecule has 0 saturated heterocycles. The number of hydrogen-bond acceptors (Lipinski definition) is 2. The first-order valence-electron chi connectivity index (χ1n) is 7.38. The molecule has 1 unspecified atom stereocenters. The lowest BCUT2D eigenvalue weighted by molar-refractivity contribution is 0.0280. The summed E-state index contributed by atoms with van der Waals surface area (Å²) >= 11 is 18.3. The summed E-state index contributed by atoms with van der Waals surface area (Å²) in [6.07, 6.45) is 5.16. The molecule has 3 nitrogen and oxygen atoms in total. The van der Waals surface area contributed by atoms with Crippen molar-refractivity contribution in [1.82, 2.24) is 9.55 Å². The van der Waals surface area contributed by atoms with Crippen molar-refractivity contribution in [2.45, 2.75) is 19.3 Å². The maximum Gasteiger partial charge on any atom is 0.102 e. The average Bonchev–Trinajstić information content (AvgIpc) is 3.06. The molecule has 0 saturated carbocycles. The Labute approximate surface area is 167 Å². The highest BCUT2D eigenvalue weighted by atomic mass is 35.5. The van der Waals surface area contributed by atoms with Crippen LogP contribution in [0.5, 0.6) is 0 Å². The molecule has 1 atom stereocenters. The molecule has 25 heavy (non-hydrogen) atoms. The lowest BCUT2D eigenvalue weighted by atomic mass is 10.1. The summed E-state index contributed by atoms with van der Waals surface area (Å²) in [4.78, 5) is 4.07. The number of aromatic nitrogens is 2. The van der Waals surface area contributed by atoms with Gasteiger partial charge in [0.25, 0.3) is 0 Å². The van der Waals surface area contributed by atoms with Gasteiger partial charge in [-0.05, 0) is 29.8 Å². The minimum atomic E-state index is -0.223. The van der Waals surface area contributed by atoms with Crippen LogP contribution < -0.4 is 0 Å². The molecular formula is C18H16Cl4N2O. The topological polar surface area (TPSA) is 27.1 Å². The van der Waals surface area contributed by atoms with Crippen molar-refractivity contribution in [2.24, 2.45) is 0 Å². The molecule has 0 radical (unpaired) electrons. The Morgan fingerprint density at radius 3 is 2.36 bits per heavy atom. The van der Waals surface area contributed by atoms with Crippen LogP contribution in [0.3, 0.4) is 0 Å². The molecular weight excluding hydrogens is 402 g/mol. The fourth-order valence-corrected chi connectivity index (χ4v) is 3.02. The highest BCUT2D eigenvalue weighted by molar-refractivity contribution is 6.35. The Bertz CT molecular complexity index is 791. The molecule has 0 aliphatic heterocycles. The van der Waals surface area contributed by atoms with Crippen LogP contribution in [0, 0.1) is 0 Å². The average molecular weight is 418 g/mol. The van der Waals surface area contributed by atoms with Gasteiger partial charge in [0.1, 0.15) is 6.10 Å². The standard InChI is InChI=1S/C18H15Cl3N2O.ClH/c19-14-3-1-13(2-4-14)11-24-18(10-23-8-7-22-12-23)16-6-5-15(20)9-17(16)21;/h1-9,12,18H,10-11H2;1H. The Balaban J connectivity index is 0.00000225. The minimum Gasteiger partial charge on any atom is -0.367 e. The molecule has 3 aromatic rings. The zero-order valence-corrected chi connectivity index (χ0v) is 16.2. The maximum absolute atomic E-state index is 6.36. The maximum atomic E-state index is 6.36. The summed E-state index contributed by atoms with van der Waals surface area (Å²) in [5, 5.41) is 1.89. The van der Waals surface area contributed by atoms with Gasteiger partial charge in [0.05, 0.1) is 19.5 Å².